The van der Waals surface area contributed by atoms with Gasteiger partial charge in [0, 0.05) is 37.5 Å². The minimum absolute atomic E-state index is 0.0889. The predicted molar refractivity (Wildman–Crippen MR) is 142 cm³/mol. The number of nitrogens with one attached hydrogen (secondary N) is 1. The van der Waals surface area contributed by atoms with Crippen molar-refractivity contribution >= 4 is 28.5 Å². The van der Waals surface area contributed by atoms with Crippen molar-refractivity contribution in [3.8, 4) is 11.1 Å². The number of alkyl carbamates (subject to hydrolysis) is 1. The van der Waals surface area contributed by atoms with E-state index in [1.54, 1.807) is 0 Å². The van der Waals surface area contributed by atoms with Crippen molar-refractivity contribution in [1.29, 1.82) is 0 Å². The van der Waals surface area contributed by atoms with E-state index in [4.69, 9.17) is 4.74 Å². The van der Waals surface area contributed by atoms with E-state index >= 15 is 0 Å². The summed E-state index contributed by atoms with van der Waals surface area (Å²) in [5.41, 5.74) is 6.38. The number of hydrogen-bond acceptors (Lipinski definition) is 4. The third-order valence-electron chi connectivity index (χ3n) is 6.83. The minimum Gasteiger partial charge on any atom is -0.480 e. The molecule has 0 saturated heterocycles. The van der Waals surface area contributed by atoms with Gasteiger partial charge in [-0.05, 0) is 39.3 Å². The summed E-state index contributed by atoms with van der Waals surface area (Å²) in [4.78, 5) is 26.8. The molecule has 0 radical (unpaired) electrons. The lowest BCUT2D eigenvalue weighted by Gasteiger charge is -2.20. The number of fused-ring (bicyclic) bond motifs is 4. The number of carbonyl (C=O) groups is 2. The Labute approximate surface area is 210 Å². The molecule has 0 aromatic heterocycles. The molecule has 36 heavy (non-hydrogen) atoms. The van der Waals surface area contributed by atoms with Gasteiger partial charge in [0.05, 0.1) is 0 Å². The monoisotopic (exact) mass is 480 g/mol. The minimum atomic E-state index is -1.12. The quantitative estimate of drug-likeness (QED) is 0.368. The molecule has 1 unspecified atom stereocenters. The summed E-state index contributed by atoms with van der Waals surface area (Å²) >= 11 is 0. The predicted octanol–water partition coefficient (Wildman–Crippen LogP) is 5.44. The van der Waals surface area contributed by atoms with Gasteiger partial charge in [-0.25, -0.2) is 9.59 Å². The standard InChI is InChI=1S/C30H28N2O4/c1-32(2)28-16-15-19(20-9-3-8-14-25(20)28)17-27(29(33)34)31-30(35)36-18-26-23-12-6-4-10-21(23)22-11-5-7-13-24(22)26/h3-16,26-27H,17-18H2,1-2H3,(H,31,35)(H,33,34). The van der Waals surface area contributed by atoms with E-state index in [9.17, 15) is 14.7 Å². The lowest BCUT2D eigenvalue weighted by molar-refractivity contribution is -0.139. The summed E-state index contributed by atoms with van der Waals surface area (Å²) in [5, 5.41) is 14.4. The van der Waals surface area contributed by atoms with Crippen LogP contribution in [0.1, 0.15) is 22.6 Å². The van der Waals surface area contributed by atoms with Crippen molar-refractivity contribution in [2.24, 2.45) is 0 Å². The molecule has 1 amide bonds. The molecule has 0 spiro atoms. The van der Waals surface area contributed by atoms with Gasteiger partial charge in [-0.15, -0.1) is 0 Å². The highest BCUT2D eigenvalue weighted by molar-refractivity contribution is 5.97. The smallest absolute Gasteiger partial charge is 0.407 e. The van der Waals surface area contributed by atoms with Gasteiger partial charge in [-0.1, -0.05) is 78.9 Å². The maximum absolute atomic E-state index is 12.7. The zero-order chi connectivity index (χ0) is 25.2. The number of carboxylic acid groups (broad SMARTS) is 1. The third-order valence-corrected chi connectivity index (χ3v) is 6.83. The Kier molecular flexibility index (Phi) is 6.34. The van der Waals surface area contributed by atoms with Crippen LogP contribution in [0.25, 0.3) is 21.9 Å². The number of ether oxygens (including phenoxy) is 1. The first-order valence-corrected chi connectivity index (χ1v) is 12.0. The van der Waals surface area contributed by atoms with Gasteiger partial charge in [0.2, 0.25) is 0 Å². The summed E-state index contributed by atoms with van der Waals surface area (Å²) in [6.07, 6.45) is -0.591. The molecule has 0 fully saturated rings. The third kappa shape index (κ3) is 4.38. The Morgan fingerprint density at radius 1 is 0.861 bits per heavy atom. The van der Waals surface area contributed by atoms with Crippen LogP contribution >= 0.6 is 0 Å². The van der Waals surface area contributed by atoms with E-state index in [2.05, 4.69) is 17.4 Å². The van der Waals surface area contributed by atoms with E-state index in [1.807, 2.05) is 91.8 Å². The maximum Gasteiger partial charge on any atom is 0.407 e. The Morgan fingerprint density at radius 2 is 1.44 bits per heavy atom. The Morgan fingerprint density at radius 3 is 2.06 bits per heavy atom. The molecule has 1 aliphatic rings. The molecule has 4 aromatic carbocycles. The molecule has 1 atom stereocenters. The Hall–Kier alpha value is -4.32. The number of hydrogen-bond donors (Lipinski definition) is 2. The Bertz CT molecular complexity index is 1400. The fourth-order valence-corrected chi connectivity index (χ4v) is 5.12. The number of amides is 1. The van der Waals surface area contributed by atoms with Gasteiger partial charge in [0.15, 0.2) is 0 Å². The average Bonchev–Trinajstić information content (AvgIpc) is 3.20. The van der Waals surface area contributed by atoms with Crippen molar-refractivity contribution in [3.63, 3.8) is 0 Å². The van der Waals surface area contributed by atoms with Crippen molar-refractivity contribution in [2.75, 3.05) is 25.6 Å². The topological polar surface area (TPSA) is 78.9 Å². The lowest BCUT2D eigenvalue weighted by atomic mass is 9.97. The van der Waals surface area contributed by atoms with Crippen molar-refractivity contribution in [2.45, 2.75) is 18.4 Å². The van der Waals surface area contributed by atoms with E-state index in [0.29, 0.717) is 0 Å². The zero-order valence-electron chi connectivity index (χ0n) is 20.3. The van der Waals surface area contributed by atoms with Crippen LogP contribution in [0, 0.1) is 0 Å². The summed E-state index contributed by atoms with van der Waals surface area (Å²) < 4.78 is 5.58. The van der Waals surface area contributed by atoms with Crippen LogP contribution in [-0.2, 0) is 16.0 Å². The van der Waals surface area contributed by atoms with E-state index in [1.165, 1.54) is 0 Å². The highest BCUT2D eigenvalue weighted by Crippen LogP contribution is 2.44. The summed E-state index contributed by atoms with van der Waals surface area (Å²) in [6, 6.07) is 26.8. The highest BCUT2D eigenvalue weighted by atomic mass is 16.5. The number of carbonyl (C=O) groups excluding carboxylic acids is 1. The number of aliphatic carboxylic acids is 1. The summed E-state index contributed by atoms with van der Waals surface area (Å²) in [5.74, 6) is -1.20. The molecule has 6 heteroatoms. The van der Waals surface area contributed by atoms with E-state index in [0.717, 1.165) is 44.3 Å². The largest absolute Gasteiger partial charge is 0.480 e. The number of carboxylic acids is 1. The molecule has 6 nitrogen and oxygen atoms in total. The second kappa shape index (κ2) is 9.74. The molecule has 0 saturated carbocycles. The fourth-order valence-electron chi connectivity index (χ4n) is 5.12. The lowest BCUT2D eigenvalue weighted by Crippen LogP contribution is -2.43. The molecular formula is C30H28N2O4. The number of benzene rings is 4. The number of rotatable bonds is 7. The summed E-state index contributed by atoms with van der Waals surface area (Å²) in [7, 11) is 3.94. The van der Waals surface area contributed by atoms with Gasteiger partial charge in [0.25, 0.3) is 0 Å². The van der Waals surface area contributed by atoms with E-state index in [-0.39, 0.29) is 18.9 Å². The zero-order valence-corrected chi connectivity index (χ0v) is 20.3. The normalized spacial score (nSPS) is 13.1. The van der Waals surface area contributed by atoms with Crippen molar-refractivity contribution in [1.82, 2.24) is 5.32 Å². The van der Waals surface area contributed by atoms with Crippen LogP contribution in [0.5, 0.6) is 0 Å². The highest BCUT2D eigenvalue weighted by Gasteiger charge is 2.30. The van der Waals surface area contributed by atoms with Crippen molar-refractivity contribution in [3.05, 3.63) is 102 Å². The number of anilines is 1. The van der Waals surface area contributed by atoms with E-state index < -0.39 is 18.1 Å². The maximum atomic E-state index is 12.7. The molecule has 182 valence electrons. The van der Waals surface area contributed by atoms with Crippen LogP contribution in [0.4, 0.5) is 10.5 Å². The number of nitrogens with zero attached hydrogens (tertiary/aromatic N) is 1. The molecule has 0 heterocycles. The summed E-state index contributed by atoms with van der Waals surface area (Å²) in [6.45, 7) is 0.132. The van der Waals surface area contributed by atoms with Gasteiger partial charge >= 0.3 is 12.1 Å². The molecule has 2 N–H and O–H groups in total. The molecule has 0 aliphatic heterocycles. The fraction of sp³-hybridized carbons (Fsp3) is 0.200. The van der Waals surface area contributed by atoms with Crippen LogP contribution < -0.4 is 10.2 Å². The van der Waals surface area contributed by atoms with Gasteiger partial charge in [-0.3, -0.25) is 0 Å². The second-order valence-electron chi connectivity index (χ2n) is 9.25. The van der Waals surface area contributed by atoms with Gasteiger partial charge in [-0.2, -0.15) is 0 Å². The first kappa shape index (κ1) is 23.4. The molecule has 5 rings (SSSR count). The Balaban J connectivity index is 1.31. The van der Waals surface area contributed by atoms with Crippen LogP contribution in [-0.4, -0.2) is 43.9 Å². The molecular weight excluding hydrogens is 452 g/mol. The van der Waals surface area contributed by atoms with Crippen LogP contribution in [0.3, 0.4) is 0 Å². The van der Waals surface area contributed by atoms with Crippen molar-refractivity contribution < 1.29 is 19.4 Å². The molecule has 0 bridgehead atoms. The van der Waals surface area contributed by atoms with Gasteiger partial charge in [0.1, 0.15) is 12.6 Å². The first-order valence-electron chi connectivity index (χ1n) is 12.0. The first-order chi connectivity index (χ1) is 17.4. The molecule has 1 aliphatic carbocycles. The molecule has 4 aromatic rings. The van der Waals surface area contributed by atoms with Crippen LogP contribution in [0.15, 0.2) is 84.9 Å². The van der Waals surface area contributed by atoms with Crippen LogP contribution in [0.2, 0.25) is 0 Å². The second-order valence-corrected chi connectivity index (χ2v) is 9.25. The van der Waals surface area contributed by atoms with Gasteiger partial charge < -0.3 is 20.1 Å². The SMILES string of the molecule is CN(C)c1ccc(CC(NC(=O)OCC2c3ccccc3-c3ccccc32)C(=O)O)c2ccccc12. The average molecular weight is 481 g/mol.